The Morgan fingerprint density at radius 1 is 1.27 bits per heavy atom. The van der Waals surface area contributed by atoms with Gasteiger partial charge in [0.2, 0.25) is 0 Å². The first-order valence-corrected chi connectivity index (χ1v) is 4.73. The number of hydrogen-bond donors (Lipinski definition) is 2. The van der Waals surface area contributed by atoms with Gasteiger partial charge in [-0.1, -0.05) is 0 Å². The lowest BCUT2D eigenvalue weighted by molar-refractivity contribution is 0.266. The van der Waals surface area contributed by atoms with Gasteiger partial charge in [0.15, 0.2) is 5.65 Å². The normalized spacial score (nSPS) is 12.9. The Balaban J connectivity index is 2.46. The Bertz CT molecular complexity index is 456. The third-order valence-electron chi connectivity index (χ3n) is 2.28. The van der Waals surface area contributed by atoms with Crippen LogP contribution in [-0.4, -0.2) is 33.2 Å². The van der Waals surface area contributed by atoms with Gasteiger partial charge in [-0.05, 0) is 12.1 Å². The Morgan fingerprint density at radius 2 is 2.07 bits per heavy atom. The number of nitrogens with two attached hydrogens (primary N) is 1. The summed E-state index contributed by atoms with van der Waals surface area (Å²) in [5.74, 6) is -0.128. The fourth-order valence-corrected chi connectivity index (χ4v) is 1.39. The van der Waals surface area contributed by atoms with E-state index in [9.17, 15) is 0 Å². The van der Waals surface area contributed by atoms with Crippen LogP contribution in [-0.2, 0) is 0 Å². The van der Waals surface area contributed by atoms with Crippen LogP contribution in [0, 0.1) is 0 Å². The van der Waals surface area contributed by atoms with Crippen molar-refractivity contribution >= 4 is 11.2 Å². The largest absolute Gasteiger partial charge is 0.396 e. The van der Waals surface area contributed by atoms with Crippen molar-refractivity contribution in [2.75, 3.05) is 13.2 Å². The van der Waals surface area contributed by atoms with Gasteiger partial charge < -0.3 is 10.8 Å². The molecule has 0 aromatic carbocycles. The third kappa shape index (κ3) is 1.93. The summed E-state index contributed by atoms with van der Waals surface area (Å²) in [6, 6.07) is 3.66. The molecule has 0 aliphatic heterocycles. The predicted molar refractivity (Wildman–Crippen MR) is 56.2 cm³/mol. The van der Waals surface area contributed by atoms with E-state index in [0.29, 0.717) is 12.2 Å². The molecule has 0 saturated carbocycles. The summed E-state index contributed by atoms with van der Waals surface area (Å²) in [5.41, 5.74) is 7.61. The Morgan fingerprint density at radius 3 is 2.80 bits per heavy atom. The second-order valence-corrected chi connectivity index (χ2v) is 3.25. The number of aromatic nitrogens is 3. The molecule has 78 valence electrons. The summed E-state index contributed by atoms with van der Waals surface area (Å²) in [4.78, 5) is 12.5. The highest BCUT2D eigenvalue weighted by Crippen LogP contribution is 2.14. The molecule has 0 spiro atoms. The molecule has 3 N–H and O–H groups in total. The number of nitrogens with zero attached hydrogens (tertiary/aromatic N) is 3. The van der Waals surface area contributed by atoms with Crippen LogP contribution in [0.25, 0.3) is 11.2 Å². The van der Waals surface area contributed by atoms with Gasteiger partial charge >= 0.3 is 0 Å². The monoisotopic (exact) mass is 204 g/mol. The number of hydrogen-bond acceptors (Lipinski definition) is 5. The van der Waals surface area contributed by atoms with Gasteiger partial charge in [0.05, 0.1) is 6.61 Å². The van der Waals surface area contributed by atoms with E-state index in [1.807, 2.05) is 12.1 Å². The van der Waals surface area contributed by atoms with Gasteiger partial charge in [0.25, 0.3) is 0 Å². The first kappa shape index (κ1) is 9.95. The molecule has 0 saturated heterocycles. The van der Waals surface area contributed by atoms with Crippen LogP contribution < -0.4 is 5.73 Å². The maximum absolute atomic E-state index is 9.10. The van der Waals surface area contributed by atoms with Gasteiger partial charge in [0.1, 0.15) is 5.52 Å². The molecule has 2 heterocycles. The number of pyridine rings is 1. The summed E-state index contributed by atoms with van der Waals surface area (Å²) < 4.78 is 0. The molecular weight excluding hydrogens is 192 g/mol. The van der Waals surface area contributed by atoms with Gasteiger partial charge in [-0.3, -0.25) is 4.98 Å². The van der Waals surface area contributed by atoms with E-state index in [2.05, 4.69) is 15.0 Å². The summed E-state index contributed by atoms with van der Waals surface area (Å²) in [5, 5.41) is 9.10. The molecule has 1 atom stereocenters. The van der Waals surface area contributed by atoms with Crippen LogP contribution >= 0.6 is 0 Å². The highest BCUT2D eigenvalue weighted by atomic mass is 16.3. The fraction of sp³-hybridized carbons (Fsp3) is 0.300. The van der Waals surface area contributed by atoms with Crippen molar-refractivity contribution < 1.29 is 5.11 Å². The van der Waals surface area contributed by atoms with Crippen molar-refractivity contribution in [3.63, 3.8) is 0 Å². The van der Waals surface area contributed by atoms with Crippen LogP contribution in [0.3, 0.4) is 0 Å². The molecule has 0 aliphatic rings. The number of aliphatic hydroxyl groups excluding tert-OH is 1. The molecule has 2 rings (SSSR count). The van der Waals surface area contributed by atoms with E-state index < -0.39 is 0 Å². The number of rotatable bonds is 3. The smallest absolute Gasteiger partial charge is 0.178 e. The van der Waals surface area contributed by atoms with Crippen molar-refractivity contribution in [1.82, 2.24) is 15.0 Å². The molecule has 0 bridgehead atoms. The maximum Gasteiger partial charge on any atom is 0.178 e. The van der Waals surface area contributed by atoms with E-state index in [1.54, 1.807) is 12.4 Å². The third-order valence-corrected chi connectivity index (χ3v) is 2.28. The van der Waals surface area contributed by atoms with E-state index in [-0.39, 0.29) is 12.5 Å². The molecule has 2 aromatic heterocycles. The van der Waals surface area contributed by atoms with Crippen molar-refractivity contribution in [2.45, 2.75) is 5.92 Å². The SMILES string of the molecule is NCC(CO)c1ccc2nccnc2n1. The molecule has 5 nitrogen and oxygen atoms in total. The molecule has 1 unspecified atom stereocenters. The Labute approximate surface area is 87.0 Å². The second-order valence-electron chi connectivity index (χ2n) is 3.25. The lowest BCUT2D eigenvalue weighted by Crippen LogP contribution is -2.17. The molecule has 0 amide bonds. The number of aliphatic hydroxyl groups is 1. The highest BCUT2D eigenvalue weighted by Gasteiger charge is 2.10. The average molecular weight is 204 g/mol. The minimum atomic E-state index is -0.128. The number of fused-ring (bicyclic) bond motifs is 1. The second kappa shape index (κ2) is 4.29. The minimum Gasteiger partial charge on any atom is -0.396 e. The van der Waals surface area contributed by atoms with Crippen LogP contribution in [0.4, 0.5) is 0 Å². The Hall–Kier alpha value is -1.59. The quantitative estimate of drug-likeness (QED) is 0.738. The first-order valence-electron chi connectivity index (χ1n) is 4.73. The zero-order valence-electron chi connectivity index (χ0n) is 8.17. The van der Waals surface area contributed by atoms with E-state index in [4.69, 9.17) is 10.8 Å². The van der Waals surface area contributed by atoms with Crippen LogP contribution in [0.15, 0.2) is 24.5 Å². The molecule has 5 heteroatoms. The average Bonchev–Trinajstić information content (AvgIpc) is 2.30. The molecule has 0 aliphatic carbocycles. The summed E-state index contributed by atoms with van der Waals surface area (Å²) in [7, 11) is 0. The topological polar surface area (TPSA) is 84.9 Å². The van der Waals surface area contributed by atoms with Crippen molar-refractivity contribution in [3.8, 4) is 0 Å². The van der Waals surface area contributed by atoms with E-state index >= 15 is 0 Å². The van der Waals surface area contributed by atoms with Crippen molar-refractivity contribution in [3.05, 3.63) is 30.2 Å². The van der Waals surface area contributed by atoms with Crippen LogP contribution in [0.1, 0.15) is 11.6 Å². The van der Waals surface area contributed by atoms with Gasteiger partial charge in [0, 0.05) is 30.6 Å². The predicted octanol–water partition coefficient (Wildman–Crippen LogP) is 0.0594. The molecule has 2 aromatic rings. The van der Waals surface area contributed by atoms with Crippen molar-refractivity contribution in [2.24, 2.45) is 5.73 Å². The Kier molecular flexibility index (Phi) is 2.84. The molecule has 0 fully saturated rings. The summed E-state index contributed by atoms with van der Waals surface area (Å²) in [6.07, 6.45) is 3.21. The van der Waals surface area contributed by atoms with Crippen LogP contribution in [0.5, 0.6) is 0 Å². The van der Waals surface area contributed by atoms with E-state index in [0.717, 1.165) is 11.2 Å². The van der Waals surface area contributed by atoms with E-state index in [1.165, 1.54) is 0 Å². The summed E-state index contributed by atoms with van der Waals surface area (Å²) >= 11 is 0. The fourth-order valence-electron chi connectivity index (χ4n) is 1.39. The van der Waals surface area contributed by atoms with Gasteiger partial charge in [-0.2, -0.15) is 0 Å². The van der Waals surface area contributed by atoms with Gasteiger partial charge in [-0.15, -0.1) is 0 Å². The zero-order valence-corrected chi connectivity index (χ0v) is 8.17. The lowest BCUT2D eigenvalue weighted by atomic mass is 10.1. The maximum atomic E-state index is 9.10. The molecule has 0 radical (unpaired) electrons. The van der Waals surface area contributed by atoms with Gasteiger partial charge in [-0.25, -0.2) is 9.97 Å². The van der Waals surface area contributed by atoms with Crippen molar-refractivity contribution in [1.29, 1.82) is 0 Å². The standard InChI is InChI=1S/C10H12N4O/c11-5-7(6-15)8-1-2-9-10(14-8)13-4-3-12-9/h1-4,7,15H,5-6,11H2. The summed E-state index contributed by atoms with van der Waals surface area (Å²) in [6.45, 7) is 0.366. The molecular formula is C10H12N4O. The highest BCUT2D eigenvalue weighted by molar-refractivity contribution is 5.68. The zero-order chi connectivity index (χ0) is 10.7. The van der Waals surface area contributed by atoms with Crippen LogP contribution in [0.2, 0.25) is 0 Å². The lowest BCUT2D eigenvalue weighted by Gasteiger charge is -2.10. The first-order chi connectivity index (χ1) is 7.35. The molecule has 15 heavy (non-hydrogen) atoms. The minimum absolute atomic E-state index is 0.00469.